The van der Waals surface area contributed by atoms with E-state index < -0.39 is 0 Å². The normalized spacial score (nSPS) is 6.00. The molecule has 6 nitrogen and oxygen atoms in total. The minimum atomic E-state index is -0.102. The van der Waals surface area contributed by atoms with E-state index in [1.165, 1.54) is 24.8 Å². The molecule has 18 heavy (non-hydrogen) atoms. The molecule has 0 aromatic heterocycles. The first-order chi connectivity index (χ1) is 8.43. The van der Waals surface area contributed by atoms with Gasteiger partial charge in [0.25, 0.3) is 0 Å². The molecule has 0 saturated heterocycles. The molecule has 12 N–H and O–H groups in total. The van der Waals surface area contributed by atoms with E-state index in [-0.39, 0.29) is 6.17 Å². The van der Waals surface area contributed by atoms with Gasteiger partial charge in [0, 0.05) is 0 Å². The maximum Gasteiger partial charge on any atom is 0.0520 e. The smallest absolute Gasteiger partial charge is 0.0520 e. The number of hydrogen-bond donors (Lipinski definition) is 6. The second-order valence-corrected chi connectivity index (χ2v) is 2.40. The van der Waals surface area contributed by atoms with E-state index in [2.05, 4.69) is 56.2 Å². The molecule has 6 heteroatoms. The Kier molecular flexibility index (Phi) is 98.7. The van der Waals surface area contributed by atoms with Gasteiger partial charge in [-0.1, -0.05) is 39.7 Å². The zero-order valence-electron chi connectivity index (χ0n) is 11.6. The molecule has 0 amide bonds. The highest BCUT2D eigenvalue weighted by molar-refractivity contribution is 4.49. The van der Waals surface area contributed by atoms with Crippen LogP contribution >= 0.6 is 0 Å². The summed E-state index contributed by atoms with van der Waals surface area (Å²) in [7, 11) is 0. The summed E-state index contributed by atoms with van der Waals surface area (Å²) in [5, 5.41) is 0. The summed E-state index contributed by atoms with van der Waals surface area (Å²) in [4.78, 5) is 0. The van der Waals surface area contributed by atoms with Crippen molar-refractivity contribution in [3.63, 3.8) is 0 Å². The summed E-state index contributed by atoms with van der Waals surface area (Å²) in [6, 6.07) is 0. The molecule has 0 radical (unpaired) electrons. The van der Waals surface area contributed by atoms with E-state index in [1.807, 2.05) is 0 Å². The Bertz CT molecular complexity index is 122. The molecule has 0 aromatic carbocycles. The molecule has 0 aliphatic rings. The Labute approximate surface area is 112 Å². The van der Waals surface area contributed by atoms with Crippen LogP contribution in [0, 0.1) is 0 Å². The topological polar surface area (TPSA) is 156 Å². The first-order valence-corrected chi connectivity index (χ1v) is 5.25. The highest BCUT2D eigenvalue weighted by Crippen LogP contribution is 1.82. The van der Waals surface area contributed by atoms with Crippen LogP contribution in [0.5, 0.6) is 0 Å². The maximum absolute atomic E-state index is 5.18. The third-order valence-corrected chi connectivity index (χ3v) is 0.622. The Morgan fingerprint density at radius 3 is 0.944 bits per heavy atom. The zero-order valence-corrected chi connectivity index (χ0v) is 11.6. The Morgan fingerprint density at radius 2 is 0.944 bits per heavy atom. The lowest BCUT2D eigenvalue weighted by atomic mass is 10.3. The third-order valence-electron chi connectivity index (χ3n) is 0.622. The lowest BCUT2D eigenvalue weighted by molar-refractivity contribution is 0.627. The van der Waals surface area contributed by atoms with Crippen molar-refractivity contribution in [1.29, 1.82) is 0 Å². The largest absolute Gasteiger partial charge is 0.405 e. The standard InChI is InChI=1S/C4H12N2.4C2H5N/c1-2-3-4(5)6;4*1-2-3/h4H,2-3,5-6H2,1H3;4*2H,1,3H2. The van der Waals surface area contributed by atoms with E-state index in [0.717, 1.165) is 12.8 Å². The monoisotopic (exact) mass is 260 g/mol. The molecule has 0 aromatic rings. The van der Waals surface area contributed by atoms with Gasteiger partial charge in [0.1, 0.15) is 0 Å². The number of hydrogen-bond acceptors (Lipinski definition) is 6. The molecule has 0 aliphatic carbocycles. The average Bonchev–Trinajstić information content (AvgIpc) is 2.21. The number of nitrogens with two attached hydrogens (primary N) is 6. The van der Waals surface area contributed by atoms with Crippen LogP contribution < -0.4 is 34.4 Å². The Hall–Kier alpha value is -1.92. The molecule has 110 valence electrons. The molecule has 0 aliphatic heterocycles. The van der Waals surface area contributed by atoms with Crippen LogP contribution in [-0.2, 0) is 0 Å². The minimum absolute atomic E-state index is 0.102. The van der Waals surface area contributed by atoms with Gasteiger partial charge >= 0.3 is 0 Å². The van der Waals surface area contributed by atoms with Crippen LogP contribution in [0.3, 0.4) is 0 Å². The number of rotatable bonds is 2. The molecule has 0 unspecified atom stereocenters. The second-order valence-electron chi connectivity index (χ2n) is 2.40. The van der Waals surface area contributed by atoms with Crippen molar-refractivity contribution in [3.8, 4) is 0 Å². The lowest BCUT2D eigenvalue weighted by Crippen LogP contribution is -2.29. The van der Waals surface area contributed by atoms with Gasteiger partial charge in [0.2, 0.25) is 0 Å². The minimum Gasteiger partial charge on any atom is -0.405 e. The Balaban J connectivity index is -0.0000000412. The predicted molar refractivity (Wildman–Crippen MR) is 84.6 cm³/mol. The van der Waals surface area contributed by atoms with E-state index in [1.54, 1.807) is 0 Å². The van der Waals surface area contributed by atoms with Gasteiger partial charge in [-0.15, -0.1) is 0 Å². The summed E-state index contributed by atoms with van der Waals surface area (Å²) >= 11 is 0. The van der Waals surface area contributed by atoms with E-state index in [4.69, 9.17) is 11.5 Å². The van der Waals surface area contributed by atoms with Crippen LogP contribution in [0.25, 0.3) is 0 Å². The fraction of sp³-hybridized carbons (Fsp3) is 0.333. The average molecular weight is 260 g/mol. The molecule has 0 spiro atoms. The summed E-state index contributed by atoms with van der Waals surface area (Å²) < 4.78 is 0. The van der Waals surface area contributed by atoms with Crippen molar-refractivity contribution in [2.75, 3.05) is 0 Å². The van der Waals surface area contributed by atoms with Crippen molar-refractivity contribution in [1.82, 2.24) is 0 Å². The van der Waals surface area contributed by atoms with E-state index in [9.17, 15) is 0 Å². The van der Waals surface area contributed by atoms with Crippen molar-refractivity contribution in [2.45, 2.75) is 25.9 Å². The molecule has 0 fully saturated rings. The summed E-state index contributed by atoms with van der Waals surface area (Å²) in [5.41, 5.74) is 28.8. The first kappa shape index (κ1) is 29.8. The van der Waals surface area contributed by atoms with E-state index >= 15 is 0 Å². The maximum atomic E-state index is 5.18. The summed E-state index contributed by atoms with van der Waals surface area (Å²) in [6.07, 6.45) is 6.91. The van der Waals surface area contributed by atoms with Crippen molar-refractivity contribution < 1.29 is 0 Å². The molecule has 0 rings (SSSR count). The Morgan fingerprint density at radius 1 is 0.778 bits per heavy atom. The van der Waals surface area contributed by atoms with Crippen molar-refractivity contribution >= 4 is 0 Å². The van der Waals surface area contributed by atoms with Gasteiger partial charge in [-0.25, -0.2) is 0 Å². The van der Waals surface area contributed by atoms with E-state index in [0.29, 0.717) is 0 Å². The van der Waals surface area contributed by atoms with Crippen LogP contribution in [0.1, 0.15) is 19.8 Å². The summed E-state index contributed by atoms with van der Waals surface area (Å²) in [6.45, 7) is 14.6. The molecule has 0 atom stereocenters. The van der Waals surface area contributed by atoms with Crippen molar-refractivity contribution in [3.05, 3.63) is 51.1 Å². The fourth-order valence-electron chi connectivity index (χ4n) is 0.333. The van der Waals surface area contributed by atoms with Gasteiger partial charge in [0.05, 0.1) is 6.17 Å². The van der Waals surface area contributed by atoms with Gasteiger partial charge < -0.3 is 34.4 Å². The quantitative estimate of drug-likeness (QED) is 0.394. The van der Waals surface area contributed by atoms with Crippen LogP contribution in [0.2, 0.25) is 0 Å². The van der Waals surface area contributed by atoms with Gasteiger partial charge in [-0.3, -0.25) is 0 Å². The highest BCUT2D eigenvalue weighted by Gasteiger charge is 1.85. The molecule has 0 bridgehead atoms. The molecule has 0 heterocycles. The van der Waals surface area contributed by atoms with Gasteiger partial charge in [0.15, 0.2) is 0 Å². The highest BCUT2D eigenvalue weighted by atomic mass is 14.8. The zero-order chi connectivity index (χ0) is 15.8. The van der Waals surface area contributed by atoms with Crippen LogP contribution in [-0.4, -0.2) is 6.17 Å². The fourth-order valence-corrected chi connectivity index (χ4v) is 0.333. The lowest BCUT2D eigenvalue weighted by Gasteiger charge is -1.97. The molecule has 0 saturated carbocycles. The predicted octanol–water partition coefficient (Wildman–Crippen LogP) is 0.384. The van der Waals surface area contributed by atoms with Gasteiger partial charge in [-0.05, 0) is 31.2 Å². The first-order valence-electron chi connectivity index (χ1n) is 5.25. The second kappa shape index (κ2) is 59.6. The molecular formula is C12H32N6. The SMILES string of the molecule is C=CN.C=CN.C=CN.C=CN.CCCC(N)N. The third kappa shape index (κ3) is 2070. The van der Waals surface area contributed by atoms with Crippen LogP contribution in [0.15, 0.2) is 51.1 Å². The van der Waals surface area contributed by atoms with Crippen LogP contribution in [0.4, 0.5) is 0 Å². The molecular weight excluding hydrogens is 228 g/mol. The van der Waals surface area contributed by atoms with Crippen molar-refractivity contribution in [2.24, 2.45) is 34.4 Å². The van der Waals surface area contributed by atoms with Gasteiger partial charge in [-0.2, -0.15) is 0 Å². The summed E-state index contributed by atoms with van der Waals surface area (Å²) in [5.74, 6) is 0.